The van der Waals surface area contributed by atoms with Gasteiger partial charge >= 0.3 is 127 Å². The first-order valence-electron chi connectivity index (χ1n) is 7.00. The minimum absolute atomic E-state index is 0.345. The van der Waals surface area contributed by atoms with Crippen LogP contribution in [0.25, 0.3) is 0 Å². The molecule has 0 amide bonds. The van der Waals surface area contributed by atoms with Gasteiger partial charge in [0.15, 0.2) is 0 Å². The molecule has 21 heavy (non-hydrogen) atoms. The molecule has 2 aliphatic heterocycles. The van der Waals surface area contributed by atoms with Crippen molar-refractivity contribution in [3.05, 3.63) is 24.0 Å². The van der Waals surface area contributed by atoms with Gasteiger partial charge in [0, 0.05) is 0 Å². The number of hydrogen-bond acceptors (Lipinski definition) is 5. The average molecular weight is 461 g/mol. The van der Waals surface area contributed by atoms with Crippen molar-refractivity contribution in [2.75, 3.05) is 13.1 Å². The maximum absolute atomic E-state index is 10.2. The Kier molecular flexibility index (Phi) is 4.52. The van der Waals surface area contributed by atoms with Crippen LogP contribution in [0, 0.1) is 0 Å². The Morgan fingerprint density at radius 2 is 2.24 bits per heavy atom. The second kappa shape index (κ2) is 6.22. The zero-order valence-corrected chi connectivity index (χ0v) is 14.7. The van der Waals surface area contributed by atoms with Crippen LogP contribution in [0.3, 0.4) is 0 Å². The molecule has 6 nitrogen and oxygen atoms in total. The zero-order chi connectivity index (χ0) is 15.0. The summed E-state index contributed by atoms with van der Waals surface area (Å²) in [5.74, 6) is 0. The molecule has 3 rings (SSSR count). The van der Waals surface area contributed by atoms with Crippen molar-refractivity contribution >= 4 is 10.7 Å². The van der Waals surface area contributed by atoms with Crippen molar-refractivity contribution in [3.63, 3.8) is 0 Å². The molecular formula is C14H19N3O3W. The third-order valence-corrected chi connectivity index (χ3v) is 4.49. The van der Waals surface area contributed by atoms with E-state index in [4.69, 9.17) is 4.74 Å². The van der Waals surface area contributed by atoms with E-state index in [1.165, 1.54) is 19.4 Å². The first-order chi connectivity index (χ1) is 10.1. The van der Waals surface area contributed by atoms with Crippen LogP contribution < -0.4 is 0 Å². The average Bonchev–Trinajstić information content (AvgIpc) is 2.87. The molecule has 0 radical (unpaired) electrons. The molecule has 2 N–H and O–H groups in total. The summed E-state index contributed by atoms with van der Waals surface area (Å²) < 4.78 is 9.45. The molecule has 3 unspecified atom stereocenters. The Hall–Kier alpha value is -0.652. The van der Waals surface area contributed by atoms with Crippen LogP contribution in [0.15, 0.2) is 23.5 Å². The predicted octanol–water partition coefficient (Wildman–Crippen LogP) is -0.463. The fourth-order valence-corrected chi connectivity index (χ4v) is 2.90. The van der Waals surface area contributed by atoms with E-state index in [2.05, 4.69) is 16.8 Å². The Bertz CT molecular complexity index is 547. The zero-order valence-electron chi connectivity index (χ0n) is 11.7. The SMILES string of the molecule is CC1CN1C[C@H]1O[C@@H](n2ccc(C=N[CH]=[W])c2)[C@@H](O)C1O. The number of nitrogens with zero attached hydrogens (tertiary/aromatic N) is 3. The van der Waals surface area contributed by atoms with Gasteiger partial charge in [0.1, 0.15) is 0 Å². The molecule has 0 bridgehead atoms. The fraction of sp³-hybridized carbons (Fsp3) is 0.571. The predicted molar refractivity (Wildman–Crippen MR) is 75.0 cm³/mol. The van der Waals surface area contributed by atoms with Crippen LogP contribution >= 0.6 is 0 Å². The molecule has 0 saturated carbocycles. The number of hydrogen-bond donors (Lipinski definition) is 2. The van der Waals surface area contributed by atoms with Gasteiger partial charge in [-0.2, -0.15) is 0 Å². The summed E-state index contributed by atoms with van der Waals surface area (Å²) in [7, 11) is 0. The molecule has 2 saturated heterocycles. The minimum atomic E-state index is -0.912. The first kappa shape index (κ1) is 15.3. The first-order valence-corrected chi connectivity index (χ1v) is 8.69. The maximum atomic E-state index is 10.2. The molecule has 6 atom stereocenters. The summed E-state index contributed by atoms with van der Waals surface area (Å²) in [6, 6.07) is 2.46. The molecule has 1 aromatic rings. The van der Waals surface area contributed by atoms with Crippen LogP contribution in [-0.4, -0.2) is 67.9 Å². The van der Waals surface area contributed by atoms with Crippen LogP contribution in [0.2, 0.25) is 0 Å². The number of aromatic nitrogens is 1. The van der Waals surface area contributed by atoms with Gasteiger partial charge in [-0.1, -0.05) is 0 Å². The van der Waals surface area contributed by atoms with E-state index >= 15 is 0 Å². The molecule has 3 heterocycles. The third kappa shape index (κ3) is 3.25. The van der Waals surface area contributed by atoms with Gasteiger partial charge in [-0.05, 0) is 6.92 Å². The third-order valence-electron chi connectivity index (χ3n) is 4.06. The topological polar surface area (TPSA) is 70.0 Å². The summed E-state index contributed by atoms with van der Waals surface area (Å²) in [6.45, 7) is 3.84. The Balaban J connectivity index is 1.68. The summed E-state index contributed by atoms with van der Waals surface area (Å²) >= 11 is 1.30. The summed E-state index contributed by atoms with van der Waals surface area (Å²) in [5.41, 5.74) is 0.945. The standard InChI is InChI=1S/C14H19N3O3.W/c1-9-6-17(9)8-11-12(18)13(19)14(20-11)16-4-3-10(7-16)5-15-2;/h2-5,7,9,11-14,18-19H,6,8H2,1H3;/t9?,11-,12?,13+,14-,17?;/m1./s1. The van der Waals surface area contributed by atoms with E-state index < -0.39 is 18.4 Å². The molecular weight excluding hydrogens is 442 g/mol. The van der Waals surface area contributed by atoms with Crippen molar-refractivity contribution < 1.29 is 34.3 Å². The molecule has 114 valence electrons. The van der Waals surface area contributed by atoms with Crippen molar-refractivity contribution in [2.24, 2.45) is 4.99 Å². The van der Waals surface area contributed by atoms with Gasteiger partial charge in [0.2, 0.25) is 0 Å². The summed E-state index contributed by atoms with van der Waals surface area (Å²) in [4.78, 5) is 6.32. The number of aliphatic hydroxyl groups is 2. The number of aliphatic imine (C=N–C) groups is 1. The van der Waals surface area contributed by atoms with Gasteiger partial charge in [0.25, 0.3) is 0 Å². The Morgan fingerprint density at radius 1 is 1.48 bits per heavy atom. The summed E-state index contributed by atoms with van der Waals surface area (Å²) in [6.07, 6.45) is 2.81. The second-order valence-electron chi connectivity index (χ2n) is 5.62. The number of aliphatic hydroxyl groups excluding tert-OH is 2. The normalized spacial score (nSPS) is 39.0. The van der Waals surface area contributed by atoms with Crippen molar-refractivity contribution in [1.82, 2.24) is 9.47 Å². The Morgan fingerprint density at radius 3 is 2.90 bits per heavy atom. The van der Waals surface area contributed by atoms with Crippen molar-refractivity contribution in [3.8, 4) is 0 Å². The summed E-state index contributed by atoms with van der Waals surface area (Å²) in [5, 5.41) is 20.4. The van der Waals surface area contributed by atoms with Gasteiger partial charge in [-0.3, -0.25) is 0 Å². The second-order valence-corrected chi connectivity index (χ2v) is 6.38. The van der Waals surface area contributed by atoms with Crippen molar-refractivity contribution in [1.29, 1.82) is 0 Å². The Labute approximate surface area is 134 Å². The van der Waals surface area contributed by atoms with Crippen molar-refractivity contribution in [2.45, 2.75) is 37.5 Å². The van der Waals surface area contributed by atoms with Crippen LogP contribution in [0.5, 0.6) is 0 Å². The van der Waals surface area contributed by atoms with Crippen LogP contribution in [0.4, 0.5) is 0 Å². The number of ether oxygens (including phenoxy) is 1. The monoisotopic (exact) mass is 461 g/mol. The molecule has 0 spiro atoms. The van der Waals surface area contributed by atoms with Gasteiger partial charge < -0.3 is 0 Å². The van der Waals surface area contributed by atoms with E-state index in [9.17, 15) is 10.2 Å². The van der Waals surface area contributed by atoms with Gasteiger partial charge in [0.05, 0.1) is 0 Å². The number of rotatable bonds is 5. The molecule has 0 aromatic carbocycles. The van der Waals surface area contributed by atoms with E-state index in [-0.39, 0.29) is 6.10 Å². The molecule has 2 fully saturated rings. The van der Waals surface area contributed by atoms with E-state index in [0.29, 0.717) is 12.6 Å². The van der Waals surface area contributed by atoms with E-state index in [1.54, 1.807) is 15.3 Å². The molecule has 1 aromatic heterocycles. The van der Waals surface area contributed by atoms with Gasteiger partial charge in [-0.15, -0.1) is 0 Å². The van der Waals surface area contributed by atoms with Gasteiger partial charge in [-0.25, -0.2) is 0 Å². The van der Waals surface area contributed by atoms with E-state index in [1.807, 2.05) is 18.5 Å². The van der Waals surface area contributed by atoms with E-state index in [0.717, 1.165) is 12.1 Å². The molecule has 2 aliphatic rings. The molecule has 7 heteroatoms. The van der Waals surface area contributed by atoms with Crippen LogP contribution in [0.1, 0.15) is 18.7 Å². The van der Waals surface area contributed by atoms with Crippen LogP contribution in [-0.2, 0) is 24.1 Å². The fourth-order valence-electron chi connectivity index (χ4n) is 2.69. The molecule has 0 aliphatic carbocycles. The quantitative estimate of drug-likeness (QED) is 0.460.